The molecule has 2 aromatic carbocycles. The molecule has 0 aromatic heterocycles. The van der Waals surface area contributed by atoms with Crippen molar-refractivity contribution in [1.29, 1.82) is 0 Å². The highest BCUT2D eigenvalue weighted by Crippen LogP contribution is 2.26. The van der Waals surface area contributed by atoms with Crippen molar-refractivity contribution in [2.75, 3.05) is 13.7 Å². The van der Waals surface area contributed by atoms with E-state index in [2.05, 4.69) is 5.32 Å². The lowest BCUT2D eigenvalue weighted by molar-refractivity contribution is -0.122. The van der Waals surface area contributed by atoms with Gasteiger partial charge in [-0.3, -0.25) is 4.79 Å². The third kappa shape index (κ3) is 5.01. The first-order valence-corrected chi connectivity index (χ1v) is 8.13. The minimum Gasteiger partial charge on any atom is -0.496 e. The van der Waals surface area contributed by atoms with Crippen LogP contribution in [0, 0.1) is 13.8 Å². The molecule has 2 aromatic rings. The van der Waals surface area contributed by atoms with E-state index >= 15 is 0 Å². The van der Waals surface area contributed by atoms with Crippen LogP contribution >= 0.6 is 0 Å². The van der Waals surface area contributed by atoms with Crippen LogP contribution in [0.4, 0.5) is 0 Å². The molecular formula is C20H25NO3. The Morgan fingerprint density at radius 3 is 2.58 bits per heavy atom. The number of methoxy groups -OCH3 is 1. The van der Waals surface area contributed by atoms with Gasteiger partial charge in [-0.25, -0.2) is 0 Å². The van der Waals surface area contributed by atoms with Crippen LogP contribution in [-0.2, 0) is 4.79 Å². The van der Waals surface area contributed by atoms with Gasteiger partial charge in [0.25, 0.3) is 0 Å². The summed E-state index contributed by atoms with van der Waals surface area (Å²) >= 11 is 0. The molecule has 24 heavy (non-hydrogen) atoms. The van der Waals surface area contributed by atoms with Crippen LogP contribution in [0.15, 0.2) is 42.5 Å². The SMILES string of the molecule is COc1ccc(C)cc1[C@H](C)NC(=O)CCOc1cccc(C)c1. The largest absolute Gasteiger partial charge is 0.496 e. The molecule has 0 aliphatic carbocycles. The molecule has 4 heteroatoms. The second kappa shape index (κ2) is 8.39. The Kier molecular flexibility index (Phi) is 6.24. The maximum atomic E-state index is 12.1. The van der Waals surface area contributed by atoms with Gasteiger partial charge in [-0.1, -0.05) is 29.8 Å². The predicted octanol–water partition coefficient (Wildman–Crippen LogP) is 3.96. The van der Waals surface area contributed by atoms with Crippen LogP contribution in [0.3, 0.4) is 0 Å². The highest BCUT2D eigenvalue weighted by Gasteiger charge is 2.14. The van der Waals surface area contributed by atoms with Crippen LogP contribution in [0.2, 0.25) is 0 Å². The van der Waals surface area contributed by atoms with Gasteiger partial charge in [-0.2, -0.15) is 0 Å². The van der Waals surface area contributed by atoms with Gasteiger partial charge < -0.3 is 14.8 Å². The summed E-state index contributed by atoms with van der Waals surface area (Å²) in [5, 5.41) is 3.00. The fraction of sp³-hybridized carbons (Fsp3) is 0.350. The number of nitrogens with one attached hydrogen (secondary N) is 1. The molecule has 1 amide bonds. The number of hydrogen-bond donors (Lipinski definition) is 1. The fourth-order valence-electron chi connectivity index (χ4n) is 2.55. The van der Waals surface area contributed by atoms with Crippen molar-refractivity contribution in [2.45, 2.75) is 33.2 Å². The van der Waals surface area contributed by atoms with E-state index in [4.69, 9.17) is 9.47 Å². The lowest BCUT2D eigenvalue weighted by Gasteiger charge is -2.18. The first kappa shape index (κ1) is 17.9. The molecule has 1 N–H and O–H groups in total. The molecule has 0 bridgehead atoms. The van der Waals surface area contributed by atoms with Gasteiger partial charge in [0.1, 0.15) is 11.5 Å². The van der Waals surface area contributed by atoms with Crippen molar-refractivity contribution in [3.05, 3.63) is 59.2 Å². The molecule has 128 valence electrons. The number of carbonyl (C=O) groups excluding carboxylic acids is 1. The summed E-state index contributed by atoms with van der Waals surface area (Å²) < 4.78 is 11.0. The summed E-state index contributed by atoms with van der Waals surface area (Å²) in [7, 11) is 1.64. The van der Waals surface area contributed by atoms with E-state index in [-0.39, 0.29) is 11.9 Å². The summed E-state index contributed by atoms with van der Waals surface area (Å²) in [5.74, 6) is 1.53. The third-order valence-corrected chi connectivity index (χ3v) is 3.82. The Morgan fingerprint density at radius 2 is 1.88 bits per heavy atom. The van der Waals surface area contributed by atoms with Crippen molar-refractivity contribution in [2.24, 2.45) is 0 Å². The normalized spacial score (nSPS) is 11.7. The topological polar surface area (TPSA) is 47.6 Å². The third-order valence-electron chi connectivity index (χ3n) is 3.82. The Hall–Kier alpha value is -2.49. The van der Waals surface area contributed by atoms with Crippen LogP contribution in [0.25, 0.3) is 0 Å². The zero-order valence-corrected chi connectivity index (χ0v) is 14.8. The van der Waals surface area contributed by atoms with Crippen molar-refractivity contribution in [1.82, 2.24) is 5.32 Å². The van der Waals surface area contributed by atoms with E-state index < -0.39 is 0 Å². The first-order chi connectivity index (χ1) is 11.5. The molecule has 4 nitrogen and oxygen atoms in total. The Labute approximate surface area is 143 Å². The summed E-state index contributed by atoms with van der Waals surface area (Å²) in [6.07, 6.45) is 0.312. The van der Waals surface area contributed by atoms with Gasteiger partial charge in [0, 0.05) is 5.56 Å². The summed E-state index contributed by atoms with van der Waals surface area (Å²) in [6, 6.07) is 13.6. The van der Waals surface area contributed by atoms with Crippen LogP contribution in [-0.4, -0.2) is 19.6 Å². The minimum atomic E-state index is -0.119. The van der Waals surface area contributed by atoms with Crippen LogP contribution in [0.5, 0.6) is 11.5 Å². The monoisotopic (exact) mass is 327 g/mol. The second-order valence-electron chi connectivity index (χ2n) is 5.95. The minimum absolute atomic E-state index is 0.0429. The van der Waals surface area contributed by atoms with E-state index in [1.807, 2.05) is 63.2 Å². The van der Waals surface area contributed by atoms with E-state index in [0.29, 0.717) is 13.0 Å². The predicted molar refractivity (Wildman–Crippen MR) is 95.6 cm³/mol. The van der Waals surface area contributed by atoms with Crippen molar-refractivity contribution in [3.8, 4) is 11.5 Å². The molecule has 0 aliphatic heterocycles. The highest BCUT2D eigenvalue weighted by molar-refractivity contribution is 5.76. The Morgan fingerprint density at radius 1 is 1.12 bits per heavy atom. The van der Waals surface area contributed by atoms with Gasteiger partial charge in [0.05, 0.1) is 26.2 Å². The van der Waals surface area contributed by atoms with Crippen LogP contribution in [0.1, 0.15) is 36.1 Å². The van der Waals surface area contributed by atoms with Gasteiger partial charge in [-0.15, -0.1) is 0 Å². The molecule has 2 rings (SSSR count). The maximum absolute atomic E-state index is 12.1. The number of benzene rings is 2. The zero-order valence-electron chi connectivity index (χ0n) is 14.8. The Bertz CT molecular complexity index is 697. The van der Waals surface area contributed by atoms with Gasteiger partial charge in [-0.05, 0) is 44.5 Å². The molecule has 0 saturated carbocycles. The fourth-order valence-corrected chi connectivity index (χ4v) is 2.55. The van der Waals surface area contributed by atoms with Gasteiger partial charge in [0.15, 0.2) is 0 Å². The maximum Gasteiger partial charge on any atom is 0.223 e. The lowest BCUT2D eigenvalue weighted by atomic mass is 10.0. The first-order valence-electron chi connectivity index (χ1n) is 8.13. The summed E-state index contributed by atoms with van der Waals surface area (Å²) in [6.45, 7) is 6.34. The number of rotatable bonds is 7. The van der Waals surface area contributed by atoms with Gasteiger partial charge in [0.2, 0.25) is 5.91 Å². The summed E-state index contributed by atoms with van der Waals surface area (Å²) in [5.41, 5.74) is 3.25. The lowest BCUT2D eigenvalue weighted by Crippen LogP contribution is -2.28. The number of ether oxygens (including phenoxy) is 2. The number of carbonyl (C=O) groups is 1. The molecular weight excluding hydrogens is 302 g/mol. The Balaban J connectivity index is 1.87. The zero-order chi connectivity index (χ0) is 17.5. The van der Waals surface area contributed by atoms with E-state index in [1.54, 1.807) is 7.11 Å². The van der Waals surface area contributed by atoms with Crippen molar-refractivity contribution < 1.29 is 14.3 Å². The molecule has 0 heterocycles. The van der Waals surface area contributed by atoms with Crippen molar-refractivity contribution in [3.63, 3.8) is 0 Å². The highest BCUT2D eigenvalue weighted by atomic mass is 16.5. The number of aryl methyl sites for hydroxylation is 2. The molecule has 0 radical (unpaired) electrons. The average Bonchev–Trinajstić information content (AvgIpc) is 2.54. The van der Waals surface area contributed by atoms with Gasteiger partial charge >= 0.3 is 0 Å². The van der Waals surface area contributed by atoms with E-state index in [9.17, 15) is 4.79 Å². The second-order valence-corrected chi connectivity index (χ2v) is 5.95. The molecule has 0 saturated heterocycles. The summed E-state index contributed by atoms with van der Waals surface area (Å²) in [4.78, 5) is 12.1. The number of hydrogen-bond acceptors (Lipinski definition) is 3. The quantitative estimate of drug-likeness (QED) is 0.837. The molecule has 0 spiro atoms. The molecule has 0 unspecified atom stereocenters. The molecule has 0 fully saturated rings. The standard InChI is InChI=1S/C20H25NO3/c1-14-6-5-7-17(12-14)24-11-10-20(22)21-16(3)18-13-15(2)8-9-19(18)23-4/h5-9,12-13,16H,10-11H2,1-4H3,(H,21,22)/t16-/m0/s1. The number of amides is 1. The van der Waals surface area contributed by atoms with E-state index in [0.717, 1.165) is 28.2 Å². The smallest absolute Gasteiger partial charge is 0.223 e. The molecule has 0 aliphatic rings. The van der Waals surface area contributed by atoms with Crippen molar-refractivity contribution >= 4 is 5.91 Å². The van der Waals surface area contributed by atoms with Crippen LogP contribution < -0.4 is 14.8 Å². The average molecular weight is 327 g/mol. The molecule has 1 atom stereocenters. The van der Waals surface area contributed by atoms with E-state index in [1.165, 1.54) is 0 Å².